The van der Waals surface area contributed by atoms with Crippen LogP contribution in [0.3, 0.4) is 0 Å². The zero-order valence-corrected chi connectivity index (χ0v) is 18.8. The zero-order chi connectivity index (χ0) is 22.9. The molecule has 11 heteroatoms. The number of aliphatic carboxylic acids is 1. The maximum absolute atomic E-state index is 12.8. The van der Waals surface area contributed by atoms with Crippen LogP contribution < -0.4 is 10.6 Å². The fourth-order valence-electron chi connectivity index (χ4n) is 3.10. The van der Waals surface area contributed by atoms with Crippen LogP contribution in [-0.2, 0) is 27.3 Å². The third-order valence-electron chi connectivity index (χ3n) is 4.78. The largest absolute Gasteiger partial charge is 0.479 e. The summed E-state index contributed by atoms with van der Waals surface area (Å²) in [5.74, 6) is -1.23. The number of aryl methyl sites for hydroxylation is 1. The van der Waals surface area contributed by atoms with Gasteiger partial charge in [0.2, 0.25) is 12.3 Å². The number of rotatable bonds is 12. The number of thiophene rings is 1. The quantitative estimate of drug-likeness (QED) is 0.236. The van der Waals surface area contributed by atoms with E-state index in [1.54, 1.807) is 18.3 Å². The molecule has 2 unspecified atom stereocenters. The Morgan fingerprint density at radius 1 is 1.22 bits per heavy atom. The highest BCUT2D eigenvalue weighted by atomic mass is 32.1. The van der Waals surface area contributed by atoms with Crippen molar-refractivity contribution >= 4 is 48.1 Å². The smallest absolute Gasteiger partial charge is 0.331 e. The van der Waals surface area contributed by atoms with Crippen LogP contribution >= 0.6 is 24.0 Å². The number of carbonyl (C=O) groups excluding carboxylic acids is 2. The van der Waals surface area contributed by atoms with E-state index in [0.29, 0.717) is 42.2 Å². The maximum atomic E-state index is 12.8. The molecule has 9 nitrogen and oxygen atoms in total. The molecular formula is C21H23N5O4S2. The molecule has 3 aromatic rings. The zero-order valence-electron chi connectivity index (χ0n) is 17.0. The Kier molecular flexibility index (Phi) is 8.40. The van der Waals surface area contributed by atoms with E-state index >= 15 is 0 Å². The highest BCUT2D eigenvalue weighted by Crippen LogP contribution is 2.25. The first-order valence-corrected chi connectivity index (χ1v) is 11.3. The summed E-state index contributed by atoms with van der Waals surface area (Å²) in [4.78, 5) is 36.5. The highest BCUT2D eigenvalue weighted by molar-refractivity contribution is 7.80. The van der Waals surface area contributed by atoms with E-state index in [0.717, 1.165) is 10.4 Å². The molecule has 0 aliphatic rings. The molecule has 0 saturated carbocycles. The van der Waals surface area contributed by atoms with Crippen molar-refractivity contribution < 1.29 is 19.5 Å². The average Bonchev–Trinajstić information content (AvgIpc) is 3.43. The summed E-state index contributed by atoms with van der Waals surface area (Å²) in [6.07, 6.45) is 3.36. The Labute approximate surface area is 194 Å². The molecule has 1 aromatic carbocycles. The first-order valence-electron chi connectivity index (χ1n) is 9.87. The van der Waals surface area contributed by atoms with Gasteiger partial charge in [0, 0.05) is 21.4 Å². The first kappa shape index (κ1) is 23.5. The molecule has 0 fully saturated rings. The van der Waals surface area contributed by atoms with Crippen LogP contribution in [-0.4, -0.2) is 44.1 Å². The minimum atomic E-state index is -1.15. The summed E-state index contributed by atoms with van der Waals surface area (Å²) in [7, 11) is 0. The molecule has 0 saturated heterocycles. The van der Waals surface area contributed by atoms with Gasteiger partial charge in [0.1, 0.15) is 0 Å². The average molecular weight is 474 g/mol. The molecule has 2 atom stereocenters. The molecule has 0 spiro atoms. The van der Waals surface area contributed by atoms with Crippen LogP contribution in [0.2, 0.25) is 0 Å². The predicted octanol–water partition coefficient (Wildman–Crippen LogP) is 2.38. The molecule has 168 valence electrons. The number of carboxylic acid groups (broad SMARTS) is 1. The molecule has 0 bridgehead atoms. The summed E-state index contributed by atoms with van der Waals surface area (Å²) in [5, 5.41) is 22.5. The number of nitrogens with one attached hydrogen (secondary N) is 2. The second-order valence-corrected chi connectivity index (χ2v) is 8.62. The Hall–Kier alpha value is -3.18. The number of carboxylic acids is 1. The number of hydrogen-bond acceptors (Lipinski definition) is 7. The van der Waals surface area contributed by atoms with Crippen molar-refractivity contribution in [2.45, 2.75) is 25.4 Å². The van der Waals surface area contributed by atoms with Crippen molar-refractivity contribution in [2.24, 2.45) is 5.92 Å². The van der Waals surface area contributed by atoms with Gasteiger partial charge in [-0.15, -0.1) is 16.4 Å². The minimum absolute atomic E-state index is 0.320. The fourth-order valence-corrected chi connectivity index (χ4v) is 4.50. The van der Waals surface area contributed by atoms with Crippen molar-refractivity contribution in [3.63, 3.8) is 0 Å². The summed E-state index contributed by atoms with van der Waals surface area (Å²) in [5.41, 5.74) is 1.12. The van der Waals surface area contributed by atoms with Gasteiger partial charge >= 0.3 is 5.97 Å². The van der Waals surface area contributed by atoms with E-state index in [9.17, 15) is 19.5 Å². The number of carbonyl (C=O) groups is 3. The molecule has 3 rings (SSSR count). The molecule has 0 aliphatic heterocycles. The van der Waals surface area contributed by atoms with Gasteiger partial charge in [0.15, 0.2) is 11.9 Å². The van der Waals surface area contributed by atoms with E-state index in [1.807, 2.05) is 30.3 Å². The Balaban J connectivity index is 1.63. The van der Waals surface area contributed by atoms with Gasteiger partial charge in [-0.1, -0.05) is 35.5 Å². The van der Waals surface area contributed by atoms with Gasteiger partial charge < -0.3 is 15.7 Å². The standard InChI is InChI=1S/C21H23N5O4S2/c27-13-22-18-11-26(25-24-18)10-16-8-9-17(32-16)19(21(29)30)23-20(28)15(12-31)7-6-14-4-2-1-3-5-14/h1-5,8-9,11,13,15,19,31H,6-7,10,12H2,(H,22,27)(H,23,28)(H,29,30). The molecule has 2 amide bonds. The number of anilines is 1. The fraction of sp³-hybridized carbons (Fsp3) is 0.286. The lowest BCUT2D eigenvalue weighted by atomic mass is 9.99. The molecule has 0 aliphatic carbocycles. The van der Waals surface area contributed by atoms with Crippen molar-refractivity contribution in [3.05, 3.63) is 64.0 Å². The molecule has 0 radical (unpaired) electrons. The molecule has 3 N–H and O–H groups in total. The third kappa shape index (κ3) is 6.41. The van der Waals surface area contributed by atoms with Crippen molar-refractivity contribution in [3.8, 4) is 0 Å². The van der Waals surface area contributed by atoms with Crippen LogP contribution in [0.25, 0.3) is 0 Å². The molecule has 2 heterocycles. The highest BCUT2D eigenvalue weighted by Gasteiger charge is 2.27. The third-order valence-corrected chi connectivity index (χ3v) is 6.35. The summed E-state index contributed by atoms with van der Waals surface area (Å²) >= 11 is 5.56. The van der Waals surface area contributed by atoms with Crippen LogP contribution in [0.1, 0.15) is 27.8 Å². The van der Waals surface area contributed by atoms with Gasteiger partial charge in [-0.05, 0) is 30.5 Å². The normalized spacial score (nSPS) is 12.7. The Morgan fingerprint density at radius 2 is 2.00 bits per heavy atom. The van der Waals surface area contributed by atoms with E-state index in [4.69, 9.17) is 0 Å². The van der Waals surface area contributed by atoms with Crippen LogP contribution in [0.15, 0.2) is 48.7 Å². The lowest BCUT2D eigenvalue weighted by molar-refractivity contribution is -0.142. The topological polar surface area (TPSA) is 126 Å². The van der Waals surface area contributed by atoms with Gasteiger partial charge in [-0.2, -0.15) is 12.6 Å². The second kappa shape index (κ2) is 11.4. The lowest BCUT2D eigenvalue weighted by Gasteiger charge is -2.18. The van der Waals surface area contributed by atoms with Crippen molar-refractivity contribution in [2.75, 3.05) is 11.1 Å². The predicted molar refractivity (Wildman–Crippen MR) is 124 cm³/mol. The van der Waals surface area contributed by atoms with Crippen molar-refractivity contribution in [1.29, 1.82) is 0 Å². The Morgan fingerprint density at radius 3 is 2.69 bits per heavy atom. The van der Waals surface area contributed by atoms with Gasteiger partial charge in [-0.3, -0.25) is 9.59 Å². The summed E-state index contributed by atoms with van der Waals surface area (Å²) < 4.78 is 1.52. The monoisotopic (exact) mass is 473 g/mol. The van der Waals surface area contributed by atoms with E-state index in [1.165, 1.54) is 16.0 Å². The van der Waals surface area contributed by atoms with Crippen LogP contribution in [0, 0.1) is 5.92 Å². The number of amides is 2. The number of nitrogens with zero attached hydrogens (tertiary/aromatic N) is 3. The van der Waals surface area contributed by atoms with Crippen LogP contribution in [0.4, 0.5) is 5.82 Å². The Bertz CT molecular complexity index is 1050. The minimum Gasteiger partial charge on any atom is -0.479 e. The van der Waals surface area contributed by atoms with Gasteiger partial charge in [-0.25, -0.2) is 9.48 Å². The van der Waals surface area contributed by atoms with E-state index in [2.05, 4.69) is 33.6 Å². The van der Waals surface area contributed by atoms with Crippen molar-refractivity contribution in [1.82, 2.24) is 20.3 Å². The molecule has 2 aromatic heterocycles. The lowest BCUT2D eigenvalue weighted by Crippen LogP contribution is -2.38. The SMILES string of the molecule is O=CNc1cn(Cc2ccc(C(NC(=O)C(CS)CCc3ccccc3)C(=O)O)s2)nn1. The second-order valence-electron chi connectivity index (χ2n) is 7.05. The molecular weight excluding hydrogens is 450 g/mol. The van der Waals surface area contributed by atoms with E-state index in [-0.39, 0.29) is 5.91 Å². The first-order chi connectivity index (χ1) is 15.5. The number of aromatic nitrogens is 3. The summed E-state index contributed by atoms with van der Waals surface area (Å²) in [6.45, 7) is 0.356. The van der Waals surface area contributed by atoms with Gasteiger partial charge in [0.25, 0.3) is 0 Å². The maximum Gasteiger partial charge on any atom is 0.331 e. The van der Waals surface area contributed by atoms with E-state index < -0.39 is 17.9 Å². The summed E-state index contributed by atoms with van der Waals surface area (Å²) in [6, 6.07) is 12.1. The van der Waals surface area contributed by atoms with Gasteiger partial charge in [0.05, 0.1) is 12.7 Å². The molecule has 32 heavy (non-hydrogen) atoms. The van der Waals surface area contributed by atoms with Crippen LogP contribution in [0.5, 0.6) is 0 Å². The number of benzene rings is 1. The number of hydrogen-bond donors (Lipinski definition) is 4. The number of thiol groups is 1.